The number of halogens is 2. The molecule has 1 rings (SSSR count). The fourth-order valence-electron chi connectivity index (χ4n) is 1.56. The van der Waals surface area contributed by atoms with Crippen molar-refractivity contribution >= 4 is 12.3 Å². The monoisotopic (exact) mass is 206 g/mol. The van der Waals surface area contributed by atoms with Crippen LogP contribution in [0.15, 0.2) is 0 Å². The summed E-state index contributed by atoms with van der Waals surface area (Å²) in [6.07, 6.45) is -0.387. The maximum absolute atomic E-state index is 12.5. The van der Waals surface area contributed by atoms with Crippen molar-refractivity contribution in [2.45, 2.75) is 25.7 Å². The maximum Gasteiger partial charge on any atom is 0.316 e. The average Bonchev–Trinajstić information content (AvgIpc) is 2.02. The standard InChI is InChI=1S/C9H12F2O3/c1-2-14-8(13)7(5-12)6-3-9(10,11)4-6/h5-7H,2-4H2,1H3. The van der Waals surface area contributed by atoms with Gasteiger partial charge >= 0.3 is 5.97 Å². The lowest BCUT2D eigenvalue weighted by atomic mass is 9.73. The van der Waals surface area contributed by atoms with E-state index < -0.39 is 36.6 Å². The highest BCUT2D eigenvalue weighted by Gasteiger charge is 2.50. The number of hydrogen-bond donors (Lipinski definition) is 0. The van der Waals surface area contributed by atoms with Crippen LogP contribution in [0.5, 0.6) is 0 Å². The summed E-state index contributed by atoms with van der Waals surface area (Å²) in [7, 11) is 0. The van der Waals surface area contributed by atoms with Crippen LogP contribution in [0.2, 0.25) is 0 Å². The Morgan fingerprint density at radius 3 is 2.57 bits per heavy atom. The van der Waals surface area contributed by atoms with Gasteiger partial charge in [0, 0.05) is 12.8 Å². The molecule has 80 valence electrons. The molecule has 1 aliphatic carbocycles. The van der Waals surface area contributed by atoms with E-state index in [1.807, 2.05) is 0 Å². The maximum atomic E-state index is 12.5. The highest BCUT2D eigenvalue weighted by atomic mass is 19.3. The fraction of sp³-hybridized carbons (Fsp3) is 0.778. The topological polar surface area (TPSA) is 43.4 Å². The number of aldehydes is 1. The minimum absolute atomic E-state index is 0.159. The first-order valence-electron chi connectivity index (χ1n) is 4.50. The van der Waals surface area contributed by atoms with E-state index in [9.17, 15) is 18.4 Å². The van der Waals surface area contributed by atoms with Crippen molar-refractivity contribution in [3.63, 3.8) is 0 Å². The van der Waals surface area contributed by atoms with Crippen LogP contribution < -0.4 is 0 Å². The summed E-state index contributed by atoms with van der Waals surface area (Å²) in [6, 6.07) is 0. The summed E-state index contributed by atoms with van der Waals surface area (Å²) in [5, 5.41) is 0. The summed E-state index contributed by atoms with van der Waals surface area (Å²) in [6.45, 7) is 1.77. The molecule has 3 nitrogen and oxygen atoms in total. The smallest absolute Gasteiger partial charge is 0.316 e. The Hall–Kier alpha value is -1.00. The lowest BCUT2D eigenvalue weighted by Crippen LogP contribution is -2.43. The van der Waals surface area contributed by atoms with Gasteiger partial charge in [-0.25, -0.2) is 8.78 Å². The van der Waals surface area contributed by atoms with Gasteiger partial charge in [-0.05, 0) is 12.8 Å². The minimum atomic E-state index is -2.71. The summed E-state index contributed by atoms with van der Waals surface area (Å²) in [4.78, 5) is 21.6. The molecule has 0 spiro atoms. The lowest BCUT2D eigenvalue weighted by Gasteiger charge is -2.36. The first-order valence-corrected chi connectivity index (χ1v) is 4.50. The molecule has 1 unspecified atom stereocenters. The fourth-order valence-corrected chi connectivity index (χ4v) is 1.56. The van der Waals surface area contributed by atoms with Crippen LogP contribution >= 0.6 is 0 Å². The van der Waals surface area contributed by atoms with Crippen molar-refractivity contribution in [1.82, 2.24) is 0 Å². The van der Waals surface area contributed by atoms with Gasteiger partial charge in [-0.2, -0.15) is 0 Å². The molecule has 0 bridgehead atoms. The quantitative estimate of drug-likeness (QED) is 0.397. The van der Waals surface area contributed by atoms with Gasteiger partial charge in [0.15, 0.2) is 0 Å². The van der Waals surface area contributed by atoms with Crippen LogP contribution in [0.3, 0.4) is 0 Å². The molecule has 0 radical (unpaired) electrons. The predicted molar refractivity (Wildman–Crippen MR) is 43.9 cm³/mol. The zero-order chi connectivity index (χ0) is 10.8. The van der Waals surface area contributed by atoms with E-state index in [0.29, 0.717) is 6.29 Å². The first kappa shape index (κ1) is 11.1. The largest absolute Gasteiger partial charge is 0.465 e. The molecule has 0 aliphatic heterocycles. The molecular formula is C9H12F2O3. The molecule has 0 aromatic rings. The zero-order valence-corrected chi connectivity index (χ0v) is 7.83. The second kappa shape index (κ2) is 4.02. The van der Waals surface area contributed by atoms with Gasteiger partial charge in [0.2, 0.25) is 5.92 Å². The van der Waals surface area contributed by atoms with Crippen LogP contribution in [0.1, 0.15) is 19.8 Å². The number of rotatable bonds is 4. The lowest BCUT2D eigenvalue weighted by molar-refractivity contribution is -0.164. The molecule has 1 saturated carbocycles. The van der Waals surface area contributed by atoms with Crippen LogP contribution in [0.25, 0.3) is 0 Å². The van der Waals surface area contributed by atoms with Gasteiger partial charge in [0.05, 0.1) is 6.61 Å². The Labute approximate surface area is 80.4 Å². The van der Waals surface area contributed by atoms with E-state index >= 15 is 0 Å². The zero-order valence-electron chi connectivity index (χ0n) is 7.83. The molecule has 14 heavy (non-hydrogen) atoms. The van der Waals surface area contributed by atoms with E-state index in [2.05, 4.69) is 4.74 Å². The van der Waals surface area contributed by atoms with Crippen LogP contribution in [0, 0.1) is 11.8 Å². The SMILES string of the molecule is CCOC(=O)C(C=O)C1CC(F)(F)C1. The van der Waals surface area contributed by atoms with Crippen molar-refractivity contribution in [1.29, 1.82) is 0 Å². The molecule has 0 aromatic heterocycles. The molecule has 0 aromatic carbocycles. The molecule has 1 fully saturated rings. The third kappa shape index (κ3) is 2.27. The van der Waals surface area contributed by atoms with Crippen molar-refractivity contribution in [2.75, 3.05) is 6.61 Å². The third-order valence-electron chi connectivity index (χ3n) is 2.33. The number of alkyl halides is 2. The minimum Gasteiger partial charge on any atom is -0.465 e. The number of carbonyl (C=O) groups excluding carboxylic acids is 2. The van der Waals surface area contributed by atoms with Gasteiger partial charge in [-0.3, -0.25) is 4.79 Å². The molecule has 1 atom stereocenters. The van der Waals surface area contributed by atoms with Crippen molar-refractivity contribution < 1.29 is 23.1 Å². The highest BCUT2D eigenvalue weighted by Crippen LogP contribution is 2.45. The molecule has 0 saturated heterocycles. The Balaban J connectivity index is 2.48. The molecule has 0 heterocycles. The average molecular weight is 206 g/mol. The highest BCUT2D eigenvalue weighted by molar-refractivity contribution is 5.88. The van der Waals surface area contributed by atoms with E-state index in [4.69, 9.17) is 0 Å². The van der Waals surface area contributed by atoms with Gasteiger partial charge in [-0.1, -0.05) is 0 Å². The molecule has 0 amide bonds. The van der Waals surface area contributed by atoms with Gasteiger partial charge < -0.3 is 9.53 Å². The van der Waals surface area contributed by atoms with E-state index in [-0.39, 0.29) is 6.61 Å². The molecule has 0 N–H and O–H groups in total. The summed E-state index contributed by atoms with van der Waals surface area (Å²) in [5.74, 6) is -4.97. The second-order valence-corrected chi connectivity index (χ2v) is 3.44. The van der Waals surface area contributed by atoms with Gasteiger partial charge in [0.1, 0.15) is 12.2 Å². The van der Waals surface area contributed by atoms with Gasteiger partial charge in [-0.15, -0.1) is 0 Å². The Morgan fingerprint density at radius 2 is 2.21 bits per heavy atom. The van der Waals surface area contributed by atoms with Crippen LogP contribution in [0.4, 0.5) is 8.78 Å². The Morgan fingerprint density at radius 1 is 1.64 bits per heavy atom. The molecule has 1 aliphatic rings. The normalized spacial score (nSPS) is 22.2. The summed E-state index contributed by atoms with van der Waals surface area (Å²) < 4.78 is 29.5. The third-order valence-corrected chi connectivity index (χ3v) is 2.33. The number of ether oxygens (including phenoxy) is 1. The second-order valence-electron chi connectivity index (χ2n) is 3.44. The number of hydrogen-bond acceptors (Lipinski definition) is 3. The predicted octanol–water partition coefficient (Wildman–Crippen LogP) is 1.41. The number of carbonyl (C=O) groups is 2. The molecular weight excluding hydrogens is 194 g/mol. The van der Waals surface area contributed by atoms with E-state index in [1.165, 1.54) is 0 Å². The first-order chi connectivity index (χ1) is 6.50. The van der Waals surface area contributed by atoms with Gasteiger partial charge in [0.25, 0.3) is 0 Å². The molecule has 5 heteroatoms. The summed E-state index contributed by atoms with van der Waals surface area (Å²) >= 11 is 0. The Kier molecular flexibility index (Phi) is 3.18. The summed E-state index contributed by atoms with van der Waals surface area (Å²) in [5.41, 5.74) is 0. The van der Waals surface area contributed by atoms with Crippen molar-refractivity contribution in [3.05, 3.63) is 0 Å². The van der Waals surface area contributed by atoms with E-state index in [0.717, 1.165) is 0 Å². The number of esters is 1. The van der Waals surface area contributed by atoms with Crippen LogP contribution in [-0.2, 0) is 14.3 Å². The Bertz CT molecular complexity index is 232. The van der Waals surface area contributed by atoms with Crippen molar-refractivity contribution in [2.24, 2.45) is 11.8 Å². The van der Waals surface area contributed by atoms with Crippen LogP contribution in [-0.4, -0.2) is 24.8 Å². The van der Waals surface area contributed by atoms with Crippen molar-refractivity contribution in [3.8, 4) is 0 Å². The van der Waals surface area contributed by atoms with E-state index in [1.54, 1.807) is 6.92 Å².